The van der Waals surface area contributed by atoms with E-state index in [2.05, 4.69) is 15.7 Å². The lowest BCUT2D eigenvalue weighted by Gasteiger charge is -2.14. The molecule has 0 bridgehead atoms. The van der Waals surface area contributed by atoms with E-state index in [4.69, 9.17) is 0 Å². The molecule has 1 heterocycles. The fourth-order valence-electron chi connectivity index (χ4n) is 1.82. The van der Waals surface area contributed by atoms with Gasteiger partial charge < -0.3 is 10.6 Å². The zero-order valence-electron chi connectivity index (χ0n) is 11.3. The molecule has 0 aliphatic rings. The summed E-state index contributed by atoms with van der Waals surface area (Å²) >= 11 is 0. The zero-order valence-corrected chi connectivity index (χ0v) is 11.3. The van der Waals surface area contributed by atoms with Gasteiger partial charge in [0, 0.05) is 31.4 Å². The third kappa shape index (κ3) is 3.15. The zero-order chi connectivity index (χ0) is 15.6. The minimum absolute atomic E-state index is 0.0810. The molecule has 2 aromatic rings. The molecular formula is C13H13F3N4O. The highest BCUT2D eigenvalue weighted by Gasteiger charge is 2.34. The van der Waals surface area contributed by atoms with Crippen molar-refractivity contribution in [3.8, 4) is 0 Å². The van der Waals surface area contributed by atoms with Gasteiger partial charge in [0.15, 0.2) is 0 Å². The lowest BCUT2D eigenvalue weighted by Crippen LogP contribution is -2.17. The summed E-state index contributed by atoms with van der Waals surface area (Å²) in [5, 5.41) is 8.81. The molecule has 2 N–H and O–H groups in total. The highest BCUT2D eigenvalue weighted by atomic mass is 19.4. The second kappa shape index (κ2) is 5.47. The number of aromatic nitrogens is 2. The summed E-state index contributed by atoms with van der Waals surface area (Å²) in [5.41, 5.74) is -1.05. The number of anilines is 2. The van der Waals surface area contributed by atoms with Crippen LogP contribution >= 0.6 is 0 Å². The quantitative estimate of drug-likeness (QED) is 0.916. The van der Waals surface area contributed by atoms with Gasteiger partial charge in [-0.15, -0.1) is 0 Å². The predicted octanol–water partition coefficient (Wildman–Crippen LogP) is 2.73. The molecule has 0 unspecified atom stereocenters. The molecule has 1 aromatic heterocycles. The minimum Gasteiger partial charge on any atom is -0.388 e. The van der Waals surface area contributed by atoms with Crippen LogP contribution in [0.4, 0.5) is 24.7 Å². The molecular weight excluding hydrogens is 285 g/mol. The van der Waals surface area contributed by atoms with Crippen LogP contribution in [0.2, 0.25) is 0 Å². The van der Waals surface area contributed by atoms with Crippen molar-refractivity contribution in [3.05, 3.63) is 41.6 Å². The molecule has 0 aliphatic heterocycles. The lowest BCUT2D eigenvalue weighted by molar-refractivity contribution is -0.136. The smallest absolute Gasteiger partial charge is 0.388 e. The number of amides is 1. The Kier molecular flexibility index (Phi) is 3.88. The molecule has 0 fully saturated rings. The van der Waals surface area contributed by atoms with Gasteiger partial charge in [0.1, 0.15) is 5.82 Å². The van der Waals surface area contributed by atoms with Gasteiger partial charge in [0.25, 0.3) is 5.91 Å². The number of aryl methyl sites for hydroxylation is 1. The van der Waals surface area contributed by atoms with E-state index in [0.29, 0.717) is 5.82 Å². The maximum atomic E-state index is 12.9. The van der Waals surface area contributed by atoms with Crippen molar-refractivity contribution < 1.29 is 18.0 Å². The number of carbonyl (C=O) groups excluding carboxylic acids is 1. The molecule has 5 nitrogen and oxygen atoms in total. The Bertz CT molecular complexity index is 664. The van der Waals surface area contributed by atoms with E-state index < -0.39 is 17.6 Å². The molecule has 8 heteroatoms. The normalized spacial score (nSPS) is 11.3. The number of halogens is 3. The second-order valence-corrected chi connectivity index (χ2v) is 4.30. The van der Waals surface area contributed by atoms with Crippen molar-refractivity contribution in [1.82, 2.24) is 9.78 Å². The van der Waals surface area contributed by atoms with Crippen LogP contribution in [0.1, 0.15) is 15.9 Å². The lowest BCUT2D eigenvalue weighted by atomic mass is 10.1. The van der Waals surface area contributed by atoms with Crippen LogP contribution < -0.4 is 10.6 Å². The van der Waals surface area contributed by atoms with E-state index in [9.17, 15) is 18.0 Å². The topological polar surface area (TPSA) is 59.0 Å². The standard InChI is InChI=1S/C13H13F3N4O/c1-17-10-4-3-8(7-9(10)13(14,15)16)12(21)19-11-5-6-18-20(11)2/h3-7,17H,1-2H3,(H,19,21). The largest absolute Gasteiger partial charge is 0.418 e. The monoisotopic (exact) mass is 298 g/mol. The van der Waals surface area contributed by atoms with Gasteiger partial charge in [-0.1, -0.05) is 0 Å². The van der Waals surface area contributed by atoms with Crippen LogP contribution in [0.3, 0.4) is 0 Å². The average molecular weight is 298 g/mol. The SMILES string of the molecule is CNc1ccc(C(=O)Nc2ccnn2C)cc1C(F)(F)F. The van der Waals surface area contributed by atoms with Gasteiger partial charge in [0.2, 0.25) is 0 Å². The summed E-state index contributed by atoms with van der Waals surface area (Å²) in [6.07, 6.45) is -3.07. The van der Waals surface area contributed by atoms with E-state index in [1.165, 1.54) is 30.1 Å². The molecule has 112 valence electrons. The second-order valence-electron chi connectivity index (χ2n) is 4.30. The molecule has 0 saturated heterocycles. The fraction of sp³-hybridized carbons (Fsp3) is 0.231. The Morgan fingerprint density at radius 2 is 2.00 bits per heavy atom. The molecule has 0 saturated carbocycles. The first-order valence-corrected chi connectivity index (χ1v) is 6.01. The Morgan fingerprint density at radius 1 is 1.29 bits per heavy atom. The predicted molar refractivity (Wildman–Crippen MR) is 72.2 cm³/mol. The van der Waals surface area contributed by atoms with Gasteiger partial charge in [-0.2, -0.15) is 18.3 Å². The van der Waals surface area contributed by atoms with Crippen LogP contribution in [0.25, 0.3) is 0 Å². The summed E-state index contributed by atoms with van der Waals surface area (Å²) in [6, 6.07) is 4.91. The summed E-state index contributed by atoms with van der Waals surface area (Å²) in [6.45, 7) is 0. The van der Waals surface area contributed by atoms with Crippen LogP contribution in [0.5, 0.6) is 0 Å². The number of carbonyl (C=O) groups is 1. The first-order chi connectivity index (χ1) is 9.82. The molecule has 1 aromatic carbocycles. The van der Waals surface area contributed by atoms with Crippen molar-refractivity contribution in [2.24, 2.45) is 7.05 Å². The summed E-state index contributed by atoms with van der Waals surface area (Å²) in [7, 11) is 3.00. The van der Waals surface area contributed by atoms with Crippen LogP contribution in [0.15, 0.2) is 30.5 Å². The number of rotatable bonds is 3. The molecule has 0 spiro atoms. The maximum absolute atomic E-state index is 12.9. The van der Waals surface area contributed by atoms with Crippen molar-refractivity contribution in [2.45, 2.75) is 6.18 Å². The van der Waals surface area contributed by atoms with Crippen molar-refractivity contribution in [2.75, 3.05) is 17.7 Å². The average Bonchev–Trinajstić information content (AvgIpc) is 2.82. The Morgan fingerprint density at radius 3 is 2.52 bits per heavy atom. The Hall–Kier alpha value is -2.51. The fourth-order valence-corrected chi connectivity index (χ4v) is 1.82. The number of nitrogens with zero attached hydrogens (tertiary/aromatic N) is 2. The Labute approximate surface area is 118 Å². The molecule has 0 aliphatic carbocycles. The van der Waals surface area contributed by atoms with Gasteiger partial charge in [-0.25, -0.2) is 0 Å². The third-order valence-electron chi connectivity index (χ3n) is 2.92. The van der Waals surface area contributed by atoms with Crippen LogP contribution in [-0.4, -0.2) is 22.7 Å². The highest BCUT2D eigenvalue weighted by Crippen LogP contribution is 2.35. The number of hydrogen-bond acceptors (Lipinski definition) is 3. The third-order valence-corrected chi connectivity index (χ3v) is 2.92. The number of nitrogens with one attached hydrogen (secondary N) is 2. The van der Waals surface area contributed by atoms with Crippen LogP contribution in [0, 0.1) is 0 Å². The van der Waals surface area contributed by atoms with Gasteiger partial charge in [-0.05, 0) is 18.2 Å². The van der Waals surface area contributed by atoms with E-state index >= 15 is 0 Å². The highest BCUT2D eigenvalue weighted by molar-refractivity contribution is 6.04. The van der Waals surface area contributed by atoms with Gasteiger partial charge >= 0.3 is 6.18 Å². The molecule has 21 heavy (non-hydrogen) atoms. The van der Waals surface area contributed by atoms with Gasteiger partial charge in [-0.3, -0.25) is 9.48 Å². The Balaban J connectivity index is 2.32. The molecule has 0 radical (unpaired) electrons. The molecule has 1 amide bonds. The first-order valence-electron chi connectivity index (χ1n) is 6.01. The van der Waals surface area contributed by atoms with E-state index in [1.54, 1.807) is 13.1 Å². The number of alkyl halides is 3. The van der Waals surface area contributed by atoms with E-state index in [-0.39, 0.29) is 11.3 Å². The summed E-state index contributed by atoms with van der Waals surface area (Å²) in [4.78, 5) is 12.0. The van der Waals surface area contributed by atoms with Crippen molar-refractivity contribution in [3.63, 3.8) is 0 Å². The summed E-state index contributed by atoms with van der Waals surface area (Å²) < 4.78 is 40.2. The maximum Gasteiger partial charge on any atom is 0.418 e. The number of hydrogen-bond donors (Lipinski definition) is 2. The van der Waals surface area contributed by atoms with Crippen molar-refractivity contribution in [1.29, 1.82) is 0 Å². The molecule has 2 rings (SSSR count). The van der Waals surface area contributed by atoms with E-state index in [1.807, 2.05) is 0 Å². The number of benzene rings is 1. The first kappa shape index (κ1) is 14.9. The van der Waals surface area contributed by atoms with Gasteiger partial charge in [0.05, 0.1) is 11.8 Å². The minimum atomic E-state index is -4.54. The van der Waals surface area contributed by atoms with E-state index in [0.717, 1.165) is 6.07 Å². The van der Waals surface area contributed by atoms with Crippen LogP contribution in [-0.2, 0) is 13.2 Å². The van der Waals surface area contributed by atoms with Crippen molar-refractivity contribution >= 4 is 17.4 Å². The molecule has 0 atom stereocenters. The summed E-state index contributed by atoms with van der Waals surface area (Å²) in [5.74, 6) is -0.238.